The van der Waals surface area contributed by atoms with Gasteiger partial charge in [-0.1, -0.05) is 24.3 Å². The molecule has 0 aliphatic carbocycles. The average Bonchev–Trinajstić information content (AvgIpc) is 2.72. The first-order valence-electron chi connectivity index (χ1n) is 9.99. The van der Waals surface area contributed by atoms with Crippen LogP contribution in [0.15, 0.2) is 52.4 Å². The lowest BCUT2D eigenvalue weighted by Crippen LogP contribution is -2.36. The van der Waals surface area contributed by atoms with E-state index in [1.807, 2.05) is 20.8 Å². The van der Waals surface area contributed by atoms with Gasteiger partial charge in [-0.05, 0) is 62.6 Å². The fourth-order valence-corrected chi connectivity index (χ4v) is 4.09. The van der Waals surface area contributed by atoms with E-state index in [-0.39, 0.29) is 16.8 Å². The predicted molar refractivity (Wildman–Crippen MR) is 119 cm³/mol. The summed E-state index contributed by atoms with van der Waals surface area (Å²) in [5.41, 5.74) is 2.46. The Balaban J connectivity index is 2.04. The number of guanidine groups is 1. The second kappa shape index (κ2) is 10.5. The minimum atomic E-state index is -3.49. The number of nitrogens with zero attached hydrogens (tertiary/aromatic N) is 2. The first-order valence-corrected chi connectivity index (χ1v) is 11.4. The van der Waals surface area contributed by atoms with Gasteiger partial charge in [0.2, 0.25) is 10.0 Å². The van der Waals surface area contributed by atoms with Crippen LogP contribution in [0, 0.1) is 12.7 Å². The van der Waals surface area contributed by atoms with E-state index >= 15 is 0 Å². The van der Waals surface area contributed by atoms with Crippen molar-refractivity contribution in [3.05, 3.63) is 65.0 Å². The van der Waals surface area contributed by atoms with Gasteiger partial charge in [0.15, 0.2) is 5.96 Å². The summed E-state index contributed by atoms with van der Waals surface area (Å²) in [5, 5.41) is 6.41. The zero-order valence-electron chi connectivity index (χ0n) is 18.2. The van der Waals surface area contributed by atoms with Gasteiger partial charge in [-0.3, -0.25) is 0 Å². The third kappa shape index (κ3) is 6.27. The standard InChI is InChI=1S/C22H31FN4O2S/c1-6-24-22(26-15-19-9-12-21(23)17(4)13-19)25-14-18-7-10-20(11-8-18)30(28,29)27(5)16(2)3/h7-13,16H,6,14-15H2,1-5H3,(H2,24,25,26). The lowest BCUT2D eigenvalue weighted by atomic mass is 10.1. The summed E-state index contributed by atoms with van der Waals surface area (Å²) in [6, 6.07) is 11.7. The Morgan fingerprint density at radius 2 is 1.73 bits per heavy atom. The van der Waals surface area contributed by atoms with Crippen LogP contribution >= 0.6 is 0 Å². The van der Waals surface area contributed by atoms with Crippen LogP contribution in [-0.2, 0) is 23.1 Å². The van der Waals surface area contributed by atoms with Gasteiger partial charge in [-0.25, -0.2) is 17.8 Å². The van der Waals surface area contributed by atoms with Gasteiger partial charge in [0.25, 0.3) is 0 Å². The first-order chi connectivity index (χ1) is 14.1. The van der Waals surface area contributed by atoms with Crippen LogP contribution in [-0.4, -0.2) is 38.3 Å². The Bertz CT molecular complexity index is 973. The number of hydrogen-bond donors (Lipinski definition) is 2. The van der Waals surface area contributed by atoms with Crippen LogP contribution in [0.5, 0.6) is 0 Å². The second-order valence-electron chi connectivity index (χ2n) is 7.39. The molecule has 2 N–H and O–H groups in total. The van der Waals surface area contributed by atoms with Crippen molar-refractivity contribution in [1.82, 2.24) is 14.9 Å². The molecule has 0 aliphatic heterocycles. The molecule has 8 heteroatoms. The van der Waals surface area contributed by atoms with Crippen LogP contribution in [0.1, 0.15) is 37.5 Å². The largest absolute Gasteiger partial charge is 0.357 e. The van der Waals surface area contributed by atoms with Gasteiger partial charge in [0.1, 0.15) is 5.82 Å². The Kier molecular flexibility index (Phi) is 8.37. The molecule has 0 bridgehead atoms. The quantitative estimate of drug-likeness (QED) is 0.493. The third-order valence-corrected chi connectivity index (χ3v) is 6.82. The topological polar surface area (TPSA) is 73.8 Å². The van der Waals surface area contributed by atoms with Crippen molar-refractivity contribution in [2.24, 2.45) is 4.99 Å². The van der Waals surface area contributed by atoms with E-state index in [0.717, 1.165) is 11.1 Å². The van der Waals surface area contributed by atoms with E-state index in [2.05, 4.69) is 15.6 Å². The molecule has 2 aromatic rings. The molecule has 0 atom stereocenters. The van der Waals surface area contributed by atoms with Crippen molar-refractivity contribution in [3.8, 4) is 0 Å². The number of benzene rings is 2. The normalized spacial score (nSPS) is 12.5. The van der Waals surface area contributed by atoms with Crippen molar-refractivity contribution in [1.29, 1.82) is 0 Å². The van der Waals surface area contributed by atoms with E-state index in [1.165, 1.54) is 10.4 Å². The van der Waals surface area contributed by atoms with Crippen molar-refractivity contribution >= 4 is 16.0 Å². The molecule has 30 heavy (non-hydrogen) atoms. The highest BCUT2D eigenvalue weighted by atomic mass is 32.2. The molecule has 0 aromatic heterocycles. The molecule has 0 aliphatic rings. The molecule has 0 heterocycles. The number of aliphatic imine (C=N–C) groups is 1. The van der Waals surface area contributed by atoms with Crippen LogP contribution < -0.4 is 10.6 Å². The molecule has 0 saturated heterocycles. The molecular weight excluding hydrogens is 403 g/mol. The number of aryl methyl sites for hydroxylation is 1. The molecule has 6 nitrogen and oxygen atoms in total. The second-order valence-corrected chi connectivity index (χ2v) is 9.39. The van der Waals surface area contributed by atoms with Gasteiger partial charge in [0.05, 0.1) is 11.4 Å². The van der Waals surface area contributed by atoms with Gasteiger partial charge >= 0.3 is 0 Å². The molecule has 0 spiro atoms. The van der Waals surface area contributed by atoms with Crippen molar-refractivity contribution < 1.29 is 12.8 Å². The van der Waals surface area contributed by atoms with E-state index < -0.39 is 10.0 Å². The van der Waals surface area contributed by atoms with Gasteiger partial charge < -0.3 is 10.6 Å². The minimum absolute atomic E-state index is 0.111. The fourth-order valence-electron chi connectivity index (χ4n) is 2.73. The third-order valence-electron chi connectivity index (χ3n) is 4.77. The number of rotatable bonds is 8. The van der Waals surface area contributed by atoms with E-state index in [9.17, 15) is 12.8 Å². The molecule has 2 rings (SSSR count). The maximum atomic E-state index is 13.4. The molecule has 0 amide bonds. The summed E-state index contributed by atoms with van der Waals surface area (Å²) in [6.07, 6.45) is 0. The van der Waals surface area contributed by atoms with Crippen LogP contribution in [0.2, 0.25) is 0 Å². The van der Waals surface area contributed by atoms with Crippen molar-refractivity contribution in [2.45, 2.75) is 51.7 Å². The van der Waals surface area contributed by atoms with Crippen LogP contribution in [0.25, 0.3) is 0 Å². The maximum Gasteiger partial charge on any atom is 0.243 e. The Labute approximate surface area is 179 Å². The molecule has 0 saturated carbocycles. The Morgan fingerprint density at radius 3 is 2.30 bits per heavy atom. The molecule has 0 unspecified atom stereocenters. The summed E-state index contributed by atoms with van der Waals surface area (Å²) >= 11 is 0. The highest BCUT2D eigenvalue weighted by Gasteiger charge is 2.22. The summed E-state index contributed by atoms with van der Waals surface area (Å²) in [6.45, 7) is 9.01. The highest BCUT2D eigenvalue weighted by molar-refractivity contribution is 7.89. The van der Waals surface area contributed by atoms with Gasteiger partial charge in [0, 0.05) is 26.2 Å². The summed E-state index contributed by atoms with van der Waals surface area (Å²) in [4.78, 5) is 4.81. The lowest BCUT2D eigenvalue weighted by molar-refractivity contribution is 0.410. The number of sulfonamides is 1. The molecular formula is C22H31FN4O2S. The van der Waals surface area contributed by atoms with Crippen LogP contribution in [0.3, 0.4) is 0 Å². The molecule has 0 fully saturated rings. The lowest BCUT2D eigenvalue weighted by Gasteiger charge is -2.21. The number of nitrogens with one attached hydrogen (secondary N) is 2. The maximum absolute atomic E-state index is 13.4. The summed E-state index contributed by atoms with van der Waals surface area (Å²) < 4.78 is 39.9. The van der Waals surface area contributed by atoms with Crippen LogP contribution in [0.4, 0.5) is 4.39 Å². The van der Waals surface area contributed by atoms with E-state index in [1.54, 1.807) is 50.4 Å². The SMILES string of the molecule is CCNC(=NCc1ccc(F)c(C)c1)NCc1ccc(S(=O)(=O)N(C)C(C)C)cc1. The molecule has 0 radical (unpaired) electrons. The summed E-state index contributed by atoms with van der Waals surface area (Å²) in [5.74, 6) is 0.411. The zero-order chi connectivity index (χ0) is 22.3. The zero-order valence-corrected chi connectivity index (χ0v) is 19.1. The number of hydrogen-bond acceptors (Lipinski definition) is 3. The van der Waals surface area contributed by atoms with E-state index in [0.29, 0.717) is 31.2 Å². The van der Waals surface area contributed by atoms with E-state index in [4.69, 9.17) is 0 Å². The van der Waals surface area contributed by atoms with Gasteiger partial charge in [-0.15, -0.1) is 0 Å². The minimum Gasteiger partial charge on any atom is -0.357 e. The van der Waals surface area contributed by atoms with Crippen molar-refractivity contribution in [2.75, 3.05) is 13.6 Å². The molecule has 2 aromatic carbocycles. The van der Waals surface area contributed by atoms with Crippen molar-refractivity contribution in [3.63, 3.8) is 0 Å². The molecule has 164 valence electrons. The highest BCUT2D eigenvalue weighted by Crippen LogP contribution is 2.17. The average molecular weight is 435 g/mol. The summed E-state index contributed by atoms with van der Waals surface area (Å²) in [7, 11) is -1.91. The first kappa shape index (κ1) is 23.8. The Hall–Kier alpha value is -2.45. The monoisotopic (exact) mass is 434 g/mol. The van der Waals surface area contributed by atoms with Gasteiger partial charge in [-0.2, -0.15) is 4.31 Å². The fraction of sp³-hybridized carbons (Fsp3) is 0.409. The Morgan fingerprint density at radius 1 is 1.10 bits per heavy atom. The smallest absolute Gasteiger partial charge is 0.243 e. The predicted octanol–water partition coefficient (Wildman–Crippen LogP) is 3.42. The number of halogens is 1.